The fourth-order valence-corrected chi connectivity index (χ4v) is 4.47. The fourth-order valence-electron chi connectivity index (χ4n) is 3.29. The number of carbonyl (C=O) groups is 2. The van der Waals surface area contributed by atoms with E-state index in [9.17, 15) is 14.7 Å². The van der Waals surface area contributed by atoms with Crippen molar-refractivity contribution in [2.75, 3.05) is 23.7 Å². The predicted molar refractivity (Wildman–Crippen MR) is 130 cm³/mol. The van der Waals surface area contributed by atoms with Crippen LogP contribution in [0.1, 0.15) is 27.6 Å². The van der Waals surface area contributed by atoms with Gasteiger partial charge >= 0.3 is 5.97 Å². The molecule has 0 saturated heterocycles. The molecule has 0 fully saturated rings. The van der Waals surface area contributed by atoms with Crippen LogP contribution in [-0.4, -0.2) is 41.0 Å². The second kappa shape index (κ2) is 10.6. The van der Waals surface area contributed by atoms with E-state index in [0.717, 1.165) is 35.2 Å². The standard InChI is InChI=1S/C24H23N5O3S/c30-22(31)14-21(17-3-2-10-25-15-17)33-20-5-1-4-19(13-20)28-23(32)16-6-8-18(9-7-16)29-24-26-11-12-27-24/h1-10,13,15,21H,11-12,14H2,(H,28,32)(H,30,31)(H2,26,27,29). The van der Waals surface area contributed by atoms with Crippen molar-refractivity contribution in [1.82, 2.24) is 10.3 Å². The molecule has 9 heteroatoms. The van der Waals surface area contributed by atoms with E-state index in [1.165, 1.54) is 11.8 Å². The quantitative estimate of drug-likeness (QED) is 0.375. The zero-order chi connectivity index (χ0) is 23.0. The molecular formula is C24H23N5O3S. The zero-order valence-corrected chi connectivity index (χ0v) is 18.5. The molecule has 0 bridgehead atoms. The Kier molecular flexibility index (Phi) is 7.21. The monoisotopic (exact) mass is 461 g/mol. The molecule has 1 amide bonds. The lowest BCUT2D eigenvalue weighted by atomic mass is 10.1. The van der Waals surface area contributed by atoms with Gasteiger partial charge in [0.05, 0.1) is 13.0 Å². The number of rotatable bonds is 8. The smallest absolute Gasteiger partial charge is 0.304 e. The number of pyridine rings is 1. The third kappa shape index (κ3) is 6.33. The number of carboxylic acids is 1. The number of carboxylic acid groups (broad SMARTS) is 1. The van der Waals surface area contributed by atoms with E-state index in [0.29, 0.717) is 11.3 Å². The van der Waals surface area contributed by atoms with E-state index in [1.54, 1.807) is 36.7 Å². The van der Waals surface area contributed by atoms with Crippen molar-refractivity contribution >= 4 is 41.0 Å². The summed E-state index contributed by atoms with van der Waals surface area (Å²) in [5, 5.41) is 18.2. The van der Waals surface area contributed by atoms with Gasteiger partial charge in [0.25, 0.3) is 5.91 Å². The number of nitrogens with zero attached hydrogens (tertiary/aromatic N) is 2. The second-order valence-corrected chi connectivity index (χ2v) is 8.61. The first-order valence-corrected chi connectivity index (χ1v) is 11.3. The molecule has 0 aliphatic carbocycles. The lowest BCUT2D eigenvalue weighted by Crippen LogP contribution is -2.26. The van der Waals surface area contributed by atoms with Crippen molar-refractivity contribution in [3.8, 4) is 0 Å². The Morgan fingerprint density at radius 3 is 2.64 bits per heavy atom. The van der Waals surface area contributed by atoms with Gasteiger partial charge in [-0.1, -0.05) is 12.1 Å². The summed E-state index contributed by atoms with van der Waals surface area (Å²) in [7, 11) is 0. The summed E-state index contributed by atoms with van der Waals surface area (Å²) in [4.78, 5) is 33.3. The Morgan fingerprint density at radius 1 is 1.09 bits per heavy atom. The minimum absolute atomic E-state index is 0.0325. The molecule has 8 nitrogen and oxygen atoms in total. The molecule has 1 aliphatic heterocycles. The van der Waals surface area contributed by atoms with Gasteiger partial charge in [-0.25, -0.2) is 0 Å². The molecule has 1 unspecified atom stereocenters. The van der Waals surface area contributed by atoms with Crippen LogP contribution in [0.5, 0.6) is 0 Å². The third-order valence-electron chi connectivity index (χ3n) is 4.87. The summed E-state index contributed by atoms with van der Waals surface area (Å²) in [5.41, 5.74) is 2.85. The Balaban J connectivity index is 1.41. The summed E-state index contributed by atoms with van der Waals surface area (Å²) < 4.78 is 0. The number of thioether (sulfide) groups is 1. The number of nitrogens with one attached hydrogen (secondary N) is 3. The van der Waals surface area contributed by atoms with Crippen LogP contribution in [0.25, 0.3) is 0 Å². The Labute approximate surface area is 195 Å². The van der Waals surface area contributed by atoms with Crippen LogP contribution in [0.3, 0.4) is 0 Å². The molecular weight excluding hydrogens is 438 g/mol. The molecule has 0 saturated carbocycles. The molecule has 0 spiro atoms. The number of aliphatic imine (C=N–C) groups is 1. The van der Waals surface area contributed by atoms with Crippen LogP contribution in [0, 0.1) is 0 Å². The molecule has 0 radical (unpaired) electrons. The van der Waals surface area contributed by atoms with Crippen molar-refractivity contribution in [3.63, 3.8) is 0 Å². The molecule has 1 aliphatic rings. The largest absolute Gasteiger partial charge is 0.481 e. The van der Waals surface area contributed by atoms with Gasteiger partial charge in [0, 0.05) is 46.0 Å². The minimum Gasteiger partial charge on any atom is -0.481 e. The summed E-state index contributed by atoms with van der Waals surface area (Å²) in [5.74, 6) is -0.377. The summed E-state index contributed by atoms with van der Waals surface area (Å²) >= 11 is 1.43. The highest BCUT2D eigenvalue weighted by Gasteiger charge is 2.18. The highest BCUT2D eigenvalue weighted by molar-refractivity contribution is 7.99. The number of carbonyl (C=O) groups excluding carboxylic acids is 1. The van der Waals surface area contributed by atoms with Gasteiger partial charge < -0.3 is 21.1 Å². The number of aliphatic carboxylic acids is 1. The van der Waals surface area contributed by atoms with E-state index in [-0.39, 0.29) is 17.6 Å². The van der Waals surface area contributed by atoms with Gasteiger partial charge in [0.15, 0.2) is 5.96 Å². The van der Waals surface area contributed by atoms with E-state index in [1.807, 2.05) is 36.4 Å². The maximum Gasteiger partial charge on any atom is 0.304 e. The number of guanidine groups is 1. The molecule has 2 heterocycles. The Bertz CT molecular complexity index is 1150. The van der Waals surface area contributed by atoms with Crippen molar-refractivity contribution in [3.05, 3.63) is 84.2 Å². The first-order valence-electron chi connectivity index (χ1n) is 10.4. The lowest BCUT2D eigenvalue weighted by Gasteiger charge is -2.15. The molecule has 168 valence electrons. The molecule has 3 aromatic rings. The topological polar surface area (TPSA) is 116 Å². The van der Waals surface area contributed by atoms with E-state index >= 15 is 0 Å². The van der Waals surface area contributed by atoms with Crippen molar-refractivity contribution in [1.29, 1.82) is 0 Å². The van der Waals surface area contributed by atoms with Crippen LogP contribution in [0.15, 0.2) is 82.9 Å². The van der Waals surface area contributed by atoms with E-state index in [2.05, 4.69) is 25.9 Å². The van der Waals surface area contributed by atoms with E-state index < -0.39 is 5.97 Å². The van der Waals surface area contributed by atoms with Gasteiger partial charge in [-0.05, 0) is 54.1 Å². The second-order valence-electron chi connectivity index (χ2n) is 7.33. The zero-order valence-electron chi connectivity index (χ0n) is 17.7. The first-order chi connectivity index (χ1) is 16.1. The van der Waals surface area contributed by atoms with E-state index in [4.69, 9.17) is 0 Å². The molecule has 4 rings (SSSR count). The lowest BCUT2D eigenvalue weighted by molar-refractivity contribution is -0.137. The molecule has 1 atom stereocenters. The van der Waals surface area contributed by atoms with Crippen molar-refractivity contribution < 1.29 is 14.7 Å². The third-order valence-corrected chi connectivity index (χ3v) is 6.12. The van der Waals surface area contributed by atoms with Crippen LogP contribution < -0.4 is 16.0 Å². The highest BCUT2D eigenvalue weighted by atomic mass is 32.2. The average molecular weight is 462 g/mol. The van der Waals surface area contributed by atoms with Crippen LogP contribution in [0.2, 0.25) is 0 Å². The van der Waals surface area contributed by atoms with Gasteiger partial charge in [0.2, 0.25) is 0 Å². The Morgan fingerprint density at radius 2 is 1.94 bits per heavy atom. The van der Waals surface area contributed by atoms with Gasteiger partial charge in [-0.3, -0.25) is 19.6 Å². The maximum absolute atomic E-state index is 12.7. The number of aromatic nitrogens is 1. The van der Waals surface area contributed by atoms with Crippen molar-refractivity contribution in [2.24, 2.45) is 4.99 Å². The maximum atomic E-state index is 12.7. The summed E-state index contributed by atoms with van der Waals surface area (Å²) in [6.07, 6.45) is 3.31. The molecule has 2 aromatic carbocycles. The summed E-state index contributed by atoms with van der Waals surface area (Å²) in [6, 6.07) is 18.2. The van der Waals surface area contributed by atoms with Gasteiger partial charge in [-0.2, -0.15) is 0 Å². The van der Waals surface area contributed by atoms with Crippen molar-refractivity contribution in [2.45, 2.75) is 16.6 Å². The van der Waals surface area contributed by atoms with Gasteiger partial charge in [-0.15, -0.1) is 11.8 Å². The number of hydrogen-bond donors (Lipinski definition) is 4. The highest BCUT2D eigenvalue weighted by Crippen LogP contribution is 2.38. The Hall–Kier alpha value is -3.85. The summed E-state index contributed by atoms with van der Waals surface area (Å²) in [6.45, 7) is 1.57. The average Bonchev–Trinajstić information content (AvgIpc) is 3.33. The number of benzene rings is 2. The fraction of sp³-hybridized carbons (Fsp3) is 0.167. The molecule has 1 aromatic heterocycles. The predicted octanol–water partition coefficient (Wildman–Crippen LogP) is 4.01. The van der Waals surface area contributed by atoms with Gasteiger partial charge in [0.1, 0.15) is 0 Å². The molecule has 33 heavy (non-hydrogen) atoms. The first kappa shape index (κ1) is 22.3. The SMILES string of the molecule is O=C(O)CC(Sc1cccc(NC(=O)c2ccc(NC3=NCCN3)cc2)c1)c1cccnc1. The van der Waals surface area contributed by atoms with Crippen LogP contribution >= 0.6 is 11.8 Å². The normalized spacial score (nSPS) is 13.5. The molecule has 4 N–H and O–H groups in total. The minimum atomic E-state index is -0.880. The number of anilines is 2. The van der Waals surface area contributed by atoms with Crippen LogP contribution in [-0.2, 0) is 4.79 Å². The number of hydrogen-bond acceptors (Lipinski definition) is 7. The number of amides is 1. The van der Waals surface area contributed by atoms with Crippen LogP contribution in [0.4, 0.5) is 11.4 Å².